The lowest BCUT2D eigenvalue weighted by molar-refractivity contribution is -0.140. The van der Waals surface area contributed by atoms with Gasteiger partial charge in [-0.15, -0.1) is 0 Å². The predicted octanol–water partition coefficient (Wildman–Crippen LogP) is 0.432. The van der Waals surface area contributed by atoms with Gasteiger partial charge < -0.3 is 10.2 Å². The Hall–Kier alpha value is -0.540. The minimum Gasteiger partial charge on any atom is -0.480 e. The smallest absolute Gasteiger partial charge is 0.329 e. The highest BCUT2D eigenvalue weighted by molar-refractivity contribution is 6.25. The van der Waals surface area contributed by atoms with E-state index in [1.54, 1.807) is 0 Å². The molecule has 0 fully saturated rings. The van der Waals surface area contributed by atoms with Gasteiger partial charge in [-0.3, -0.25) is 0 Å². The largest absolute Gasteiger partial charge is 0.480 e. The maximum absolute atomic E-state index is 9.12. The normalized spacial score (nSPS) is 6.25. The second-order valence-electron chi connectivity index (χ2n) is 0.706. The first-order valence-electron chi connectivity index (χ1n) is 1.72. The van der Waals surface area contributed by atoms with Crippen LogP contribution >= 0.6 is 11.6 Å². The molecule has 4 heteroatoms. The van der Waals surface area contributed by atoms with Crippen molar-refractivity contribution in [2.45, 2.75) is 0 Å². The zero-order chi connectivity index (χ0) is 6.99. The van der Waals surface area contributed by atoms with Crippen molar-refractivity contribution >= 4 is 17.6 Å². The van der Waals surface area contributed by atoms with Gasteiger partial charge in [0.15, 0.2) is 0 Å². The number of aliphatic carboxylic acids is 1. The Morgan fingerprint density at radius 1 is 1.88 bits per heavy atom. The van der Waals surface area contributed by atoms with E-state index >= 15 is 0 Å². The van der Waals surface area contributed by atoms with Gasteiger partial charge in [-0.05, 0) is 5.54 Å². The molecule has 0 bridgehead atoms. The second kappa shape index (κ2) is 9.68. The van der Waals surface area contributed by atoms with Gasteiger partial charge in [-0.1, -0.05) is 18.2 Å². The molecule has 0 saturated heterocycles. The van der Waals surface area contributed by atoms with Gasteiger partial charge in [0, 0.05) is 0 Å². The number of hydrogen-bond donors (Lipinski definition) is 2. The number of rotatable bonds is 1. The fraction of sp³-hybridized carbons (Fsp3) is 0.250. The summed E-state index contributed by atoms with van der Waals surface area (Å²) < 4.78 is 0. The molecule has 0 atom stereocenters. The number of aliphatic hydroxyl groups excluding tert-OH is 1. The summed E-state index contributed by atoms with van der Waals surface area (Å²) in [6.07, 6.45) is 0. The van der Waals surface area contributed by atoms with E-state index in [1.807, 2.05) is 0 Å². The van der Waals surface area contributed by atoms with E-state index in [0.29, 0.717) is 0 Å². The van der Waals surface area contributed by atoms with Crippen LogP contribution in [0.5, 0.6) is 0 Å². The van der Waals surface area contributed by atoms with E-state index in [9.17, 15) is 0 Å². The molecule has 0 aliphatic rings. The van der Waals surface area contributed by atoms with Gasteiger partial charge in [0.05, 0.1) is 0 Å². The standard InChI is InChI=1S/C2H3Cl.C2H4O3/c1-2-3;3-1-2(4)5/h2H,1H2;3H,1H2,(H,4,5). The summed E-state index contributed by atoms with van der Waals surface area (Å²) >= 11 is 4.76. The average Bonchev–Trinajstić information content (AvgIpc) is 1.69. The van der Waals surface area contributed by atoms with Crippen molar-refractivity contribution in [1.29, 1.82) is 0 Å². The van der Waals surface area contributed by atoms with Crippen LogP contribution in [0.15, 0.2) is 12.1 Å². The SMILES string of the molecule is C=CCl.O=C(O)CO. The monoisotopic (exact) mass is 138 g/mol. The summed E-state index contributed by atoms with van der Waals surface area (Å²) in [6.45, 7) is 2.35. The Labute approximate surface area is 52.2 Å². The van der Waals surface area contributed by atoms with Crippen LogP contribution < -0.4 is 0 Å². The lowest BCUT2D eigenvalue weighted by atomic mass is 10.8. The molecule has 0 aromatic rings. The first kappa shape index (κ1) is 10.4. The van der Waals surface area contributed by atoms with Crippen molar-refractivity contribution in [2.75, 3.05) is 6.61 Å². The highest BCUT2D eigenvalue weighted by Crippen LogP contribution is 1.60. The number of carboxylic acids is 1. The van der Waals surface area contributed by atoms with Crippen molar-refractivity contribution in [3.05, 3.63) is 12.1 Å². The number of aliphatic hydroxyl groups is 1. The molecule has 0 aromatic carbocycles. The van der Waals surface area contributed by atoms with Crippen LogP contribution in [0, 0.1) is 0 Å². The number of carbonyl (C=O) groups is 1. The summed E-state index contributed by atoms with van der Waals surface area (Å²) in [7, 11) is 0. The first-order valence-corrected chi connectivity index (χ1v) is 2.16. The molecule has 0 spiro atoms. The van der Waals surface area contributed by atoms with E-state index in [4.69, 9.17) is 26.6 Å². The van der Waals surface area contributed by atoms with E-state index in [1.165, 1.54) is 5.54 Å². The molecular formula is C4H7ClO3. The Morgan fingerprint density at radius 3 is 2.00 bits per heavy atom. The van der Waals surface area contributed by atoms with Crippen LogP contribution in [0.25, 0.3) is 0 Å². The molecule has 0 aliphatic heterocycles. The maximum atomic E-state index is 9.12. The minimum atomic E-state index is -1.19. The Kier molecular flexibility index (Phi) is 12.6. The fourth-order valence-corrected chi connectivity index (χ4v) is 0. The van der Waals surface area contributed by atoms with Gasteiger partial charge in [0.1, 0.15) is 6.61 Å². The molecule has 0 unspecified atom stereocenters. The first-order chi connectivity index (χ1) is 3.68. The van der Waals surface area contributed by atoms with E-state index in [2.05, 4.69) is 6.58 Å². The second-order valence-corrected chi connectivity index (χ2v) is 1.01. The van der Waals surface area contributed by atoms with Crippen LogP contribution in [0.3, 0.4) is 0 Å². The zero-order valence-corrected chi connectivity index (χ0v) is 4.93. The Balaban J connectivity index is 0. The van der Waals surface area contributed by atoms with Crippen molar-refractivity contribution in [1.82, 2.24) is 0 Å². The third-order valence-corrected chi connectivity index (χ3v) is 0.135. The molecule has 0 amide bonds. The van der Waals surface area contributed by atoms with Crippen LogP contribution in [0.4, 0.5) is 0 Å². The number of carboxylic acid groups (broad SMARTS) is 1. The molecule has 48 valence electrons. The highest BCUT2D eigenvalue weighted by Gasteiger charge is 1.82. The molecule has 0 saturated carbocycles. The van der Waals surface area contributed by atoms with E-state index < -0.39 is 12.6 Å². The summed E-state index contributed by atoms with van der Waals surface area (Å²) in [5.74, 6) is -1.19. The Morgan fingerprint density at radius 2 is 2.00 bits per heavy atom. The van der Waals surface area contributed by atoms with Crippen molar-refractivity contribution in [2.24, 2.45) is 0 Å². The Bertz CT molecular complexity index is 71.7. The molecule has 0 heterocycles. The van der Waals surface area contributed by atoms with Crippen LogP contribution in [-0.2, 0) is 4.79 Å². The lowest BCUT2D eigenvalue weighted by Crippen LogP contribution is -1.98. The summed E-state index contributed by atoms with van der Waals surface area (Å²) in [5.41, 5.74) is 1.22. The summed E-state index contributed by atoms with van der Waals surface area (Å²) in [5, 5.41) is 15.0. The van der Waals surface area contributed by atoms with Gasteiger partial charge in [-0.2, -0.15) is 0 Å². The molecule has 0 aromatic heterocycles. The van der Waals surface area contributed by atoms with E-state index in [-0.39, 0.29) is 0 Å². The maximum Gasteiger partial charge on any atom is 0.329 e. The topological polar surface area (TPSA) is 57.5 Å². The quantitative estimate of drug-likeness (QED) is 0.553. The molecule has 0 aliphatic carbocycles. The summed E-state index contributed by atoms with van der Waals surface area (Å²) in [6, 6.07) is 0. The minimum absolute atomic E-state index is 0.778. The van der Waals surface area contributed by atoms with Gasteiger partial charge in [0.25, 0.3) is 0 Å². The third kappa shape index (κ3) is 51.0. The molecule has 0 radical (unpaired) electrons. The molecule has 3 nitrogen and oxygen atoms in total. The lowest BCUT2D eigenvalue weighted by Gasteiger charge is -1.72. The molecular weight excluding hydrogens is 131 g/mol. The third-order valence-electron chi connectivity index (χ3n) is 0.135. The number of hydrogen-bond acceptors (Lipinski definition) is 2. The zero-order valence-electron chi connectivity index (χ0n) is 4.17. The van der Waals surface area contributed by atoms with E-state index in [0.717, 1.165) is 0 Å². The van der Waals surface area contributed by atoms with Crippen LogP contribution in [-0.4, -0.2) is 22.8 Å². The van der Waals surface area contributed by atoms with Crippen LogP contribution in [0.2, 0.25) is 0 Å². The average molecular weight is 139 g/mol. The predicted molar refractivity (Wildman–Crippen MR) is 30.8 cm³/mol. The van der Waals surface area contributed by atoms with Gasteiger partial charge in [0.2, 0.25) is 0 Å². The van der Waals surface area contributed by atoms with Crippen LogP contribution in [0.1, 0.15) is 0 Å². The summed E-state index contributed by atoms with van der Waals surface area (Å²) in [4.78, 5) is 9.12. The van der Waals surface area contributed by atoms with Crippen molar-refractivity contribution < 1.29 is 15.0 Å². The van der Waals surface area contributed by atoms with Gasteiger partial charge in [-0.25, -0.2) is 4.79 Å². The van der Waals surface area contributed by atoms with Crippen molar-refractivity contribution in [3.63, 3.8) is 0 Å². The van der Waals surface area contributed by atoms with Crippen molar-refractivity contribution in [3.8, 4) is 0 Å². The molecule has 8 heavy (non-hydrogen) atoms. The highest BCUT2D eigenvalue weighted by atomic mass is 35.5. The van der Waals surface area contributed by atoms with Gasteiger partial charge >= 0.3 is 5.97 Å². The molecule has 2 N–H and O–H groups in total. The number of halogens is 1. The molecule has 0 rings (SSSR count). The fourth-order valence-electron chi connectivity index (χ4n) is 0.